The first-order valence-corrected chi connectivity index (χ1v) is 4.02. The second kappa shape index (κ2) is 2.52. The SMILES string of the molecule is N#Cc1cnn(CC2CC2)c1N. The summed E-state index contributed by atoms with van der Waals surface area (Å²) in [6.07, 6.45) is 4.06. The Hall–Kier alpha value is -1.50. The molecule has 0 saturated heterocycles. The first kappa shape index (κ1) is 7.17. The Bertz CT molecular complexity index is 329. The molecule has 0 aromatic carbocycles. The van der Waals surface area contributed by atoms with E-state index in [1.165, 1.54) is 19.0 Å². The zero-order valence-corrected chi connectivity index (χ0v) is 6.70. The maximum Gasteiger partial charge on any atom is 0.139 e. The predicted molar refractivity (Wildman–Crippen MR) is 44.1 cm³/mol. The molecule has 0 aliphatic heterocycles. The molecule has 1 aliphatic carbocycles. The summed E-state index contributed by atoms with van der Waals surface area (Å²) in [4.78, 5) is 0. The van der Waals surface area contributed by atoms with Crippen molar-refractivity contribution in [3.8, 4) is 6.07 Å². The Kier molecular flexibility index (Phi) is 1.51. The molecule has 1 fully saturated rings. The van der Waals surface area contributed by atoms with Crippen molar-refractivity contribution in [2.45, 2.75) is 19.4 Å². The summed E-state index contributed by atoms with van der Waals surface area (Å²) < 4.78 is 1.72. The minimum atomic E-state index is 0.482. The standard InChI is InChI=1S/C8H10N4/c9-3-7-4-11-12(8(7)10)5-6-1-2-6/h4,6H,1-2,5,10H2. The molecule has 4 heteroatoms. The lowest BCUT2D eigenvalue weighted by Gasteiger charge is -2.00. The van der Waals surface area contributed by atoms with Crippen LogP contribution in [0.25, 0.3) is 0 Å². The van der Waals surface area contributed by atoms with Crippen LogP contribution < -0.4 is 5.73 Å². The van der Waals surface area contributed by atoms with E-state index in [0.717, 1.165) is 12.5 Å². The van der Waals surface area contributed by atoms with Crippen LogP contribution in [-0.4, -0.2) is 9.78 Å². The minimum Gasteiger partial charge on any atom is -0.383 e. The fourth-order valence-electron chi connectivity index (χ4n) is 1.17. The van der Waals surface area contributed by atoms with Crippen molar-refractivity contribution >= 4 is 5.82 Å². The Balaban J connectivity index is 2.20. The van der Waals surface area contributed by atoms with E-state index in [2.05, 4.69) is 5.10 Å². The molecule has 0 amide bonds. The molecule has 0 atom stereocenters. The van der Waals surface area contributed by atoms with E-state index in [-0.39, 0.29) is 0 Å². The van der Waals surface area contributed by atoms with E-state index in [0.29, 0.717) is 11.4 Å². The normalized spacial score (nSPS) is 15.9. The second-order valence-electron chi connectivity index (χ2n) is 3.18. The van der Waals surface area contributed by atoms with Crippen molar-refractivity contribution in [2.24, 2.45) is 5.92 Å². The molecule has 2 rings (SSSR count). The van der Waals surface area contributed by atoms with Crippen LogP contribution in [0.4, 0.5) is 5.82 Å². The zero-order chi connectivity index (χ0) is 8.55. The van der Waals surface area contributed by atoms with Gasteiger partial charge in [0.2, 0.25) is 0 Å². The van der Waals surface area contributed by atoms with E-state index in [1.54, 1.807) is 4.68 Å². The van der Waals surface area contributed by atoms with E-state index < -0.39 is 0 Å². The van der Waals surface area contributed by atoms with Crippen molar-refractivity contribution in [3.63, 3.8) is 0 Å². The lowest BCUT2D eigenvalue weighted by atomic mass is 10.3. The molecule has 0 radical (unpaired) electrons. The monoisotopic (exact) mass is 162 g/mol. The Morgan fingerprint density at radius 3 is 3.00 bits per heavy atom. The Morgan fingerprint density at radius 2 is 2.50 bits per heavy atom. The van der Waals surface area contributed by atoms with Crippen molar-refractivity contribution in [1.29, 1.82) is 5.26 Å². The average Bonchev–Trinajstić information content (AvgIpc) is 2.80. The summed E-state index contributed by atoms with van der Waals surface area (Å²) in [5.41, 5.74) is 6.15. The van der Waals surface area contributed by atoms with Crippen LogP contribution in [0.15, 0.2) is 6.20 Å². The van der Waals surface area contributed by atoms with Crippen LogP contribution >= 0.6 is 0 Å². The first-order valence-electron chi connectivity index (χ1n) is 4.02. The van der Waals surface area contributed by atoms with E-state index in [9.17, 15) is 0 Å². The van der Waals surface area contributed by atoms with Gasteiger partial charge in [0.15, 0.2) is 0 Å². The van der Waals surface area contributed by atoms with Crippen LogP contribution in [0.5, 0.6) is 0 Å². The van der Waals surface area contributed by atoms with Gasteiger partial charge in [0.1, 0.15) is 17.5 Å². The van der Waals surface area contributed by atoms with Crippen molar-refractivity contribution in [1.82, 2.24) is 9.78 Å². The summed E-state index contributed by atoms with van der Waals surface area (Å²) in [5, 5.41) is 12.6. The van der Waals surface area contributed by atoms with Gasteiger partial charge in [-0.3, -0.25) is 0 Å². The van der Waals surface area contributed by atoms with Crippen LogP contribution in [-0.2, 0) is 6.54 Å². The van der Waals surface area contributed by atoms with Gasteiger partial charge in [-0.05, 0) is 18.8 Å². The molecular weight excluding hydrogens is 152 g/mol. The van der Waals surface area contributed by atoms with Gasteiger partial charge in [-0.2, -0.15) is 10.4 Å². The second-order valence-corrected chi connectivity index (χ2v) is 3.18. The Labute approximate surface area is 70.6 Å². The van der Waals surface area contributed by atoms with Gasteiger partial charge in [-0.15, -0.1) is 0 Å². The smallest absolute Gasteiger partial charge is 0.139 e. The largest absolute Gasteiger partial charge is 0.383 e. The topological polar surface area (TPSA) is 67.6 Å². The van der Waals surface area contributed by atoms with Gasteiger partial charge < -0.3 is 5.73 Å². The molecule has 62 valence electrons. The summed E-state index contributed by atoms with van der Waals surface area (Å²) in [7, 11) is 0. The van der Waals surface area contributed by atoms with Crippen molar-refractivity contribution in [2.75, 3.05) is 5.73 Å². The molecule has 0 spiro atoms. The van der Waals surface area contributed by atoms with Gasteiger partial charge in [0.25, 0.3) is 0 Å². The fraction of sp³-hybridized carbons (Fsp3) is 0.500. The molecule has 2 N–H and O–H groups in total. The molecule has 1 aliphatic rings. The third-order valence-electron chi connectivity index (χ3n) is 2.13. The highest BCUT2D eigenvalue weighted by atomic mass is 15.3. The predicted octanol–water partition coefficient (Wildman–Crippen LogP) is 0.747. The maximum atomic E-state index is 8.60. The van der Waals surface area contributed by atoms with Crippen molar-refractivity contribution in [3.05, 3.63) is 11.8 Å². The Morgan fingerprint density at radius 1 is 1.75 bits per heavy atom. The van der Waals surface area contributed by atoms with Crippen LogP contribution in [0, 0.1) is 17.2 Å². The number of nitrogens with two attached hydrogens (primary N) is 1. The van der Waals surface area contributed by atoms with Crippen LogP contribution in [0.3, 0.4) is 0 Å². The van der Waals surface area contributed by atoms with Gasteiger partial charge >= 0.3 is 0 Å². The highest BCUT2D eigenvalue weighted by molar-refractivity contribution is 5.47. The zero-order valence-electron chi connectivity index (χ0n) is 6.70. The highest BCUT2D eigenvalue weighted by Crippen LogP contribution is 2.31. The van der Waals surface area contributed by atoms with Gasteiger partial charge in [-0.25, -0.2) is 4.68 Å². The number of hydrogen-bond acceptors (Lipinski definition) is 3. The molecule has 1 saturated carbocycles. The van der Waals surface area contributed by atoms with E-state index >= 15 is 0 Å². The van der Waals surface area contributed by atoms with Gasteiger partial charge in [0, 0.05) is 6.54 Å². The molecule has 0 bridgehead atoms. The third kappa shape index (κ3) is 1.14. The molecule has 4 nitrogen and oxygen atoms in total. The van der Waals surface area contributed by atoms with E-state index in [4.69, 9.17) is 11.0 Å². The minimum absolute atomic E-state index is 0.482. The van der Waals surface area contributed by atoms with Crippen LogP contribution in [0.2, 0.25) is 0 Å². The quantitative estimate of drug-likeness (QED) is 0.697. The molecule has 12 heavy (non-hydrogen) atoms. The van der Waals surface area contributed by atoms with Crippen molar-refractivity contribution < 1.29 is 0 Å². The molecule has 1 heterocycles. The number of nitrogen functional groups attached to an aromatic ring is 1. The summed E-state index contributed by atoms with van der Waals surface area (Å²) >= 11 is 0. The molecule has 0 unspecified atom stereocenters. The summed E-state index contributed by atoms with van der Waals surface area (Å²) in [5.74, 6) is 1.24. The fourth-order valence-corrected chi connectivity index (χ4v) is 1.17. The molecule has 1 aromatic rings. The third-order valence-corrected chi connectivity index (χ3v) is 2.13. The number of nitriles is 1. The lowest BCUT2D eigenvalue weighted by Crippen LogP contribution is -2.06. The summed E-state index contributed by atoms with van der Waals surface area (Å²) in [6.45, 7) is 0.869. The number of anilines is 1. The molecule has 1 aromatic heterocycles. The maximum absolute atomic E-state index is 8.60. The highest BCUT2D eigenvalue weighted by Gasteiger charge is 2.23. The number of rotatable bonds is 2. The number of nitrogens with zero attached hydrogens (tertiary/aromatic N) is 3. The van der Waals surface area contributed by atoms with E-state index in [1.807, 2.05) is 6.07 Å². The molecular formula is C8H10N4. The average molecular weight is 162 g/mol. The van der Waals surface area contributed by atoms with Crippen LogP contribution in [0.1, 0.15) is 18.4 Å². The summed E-state index contributed by atoms with van der Waals surface area (Å²) in [6, 6.07) is 2.00. The first-order chi connectivity index (χ1) is 5.81. The lowest BCUT2D eigenvalue weighted by molar-refractivity contribution is 0.570. The van der Waals surface area contributed by atoms with Gasteiger partial charge in [0.05, 0.1) is 6.20 Å². The number of hydrogen-bond donors (Lipinski definition) is 1. The number of aromatic nitrogens is 2. The van der Waals surface area contributed by atoms with Gasteiger partial charge in [-0.1, -0.05) is 0 Å².